The Hall–Kier alpha value is -3.36. The van der Waals surface area contributed by atoms with Crippen molar-refractivity contribution < 1.29 is 4.39 Å². The molecule has 0 fully saturated rings. The Balaban J connectivity index is 1.32. The first kappa shape index (κ1) is 19.6. The van der Waals surface area contributed by atoms with Crippen molar-refractivity contribution in [3.63, 3.8) is 0 Å². The third kappa shape index (κ3) is 4.12. The van der Waals surface area contributed by atoms with Gasteiger partial charge in [-0.25, -0.2) is 14.4 Å². The van der Waals surface area contributed by atoms with Gasteiger partial charge >= 0.3 is 0 Å². The Bertz CT molecular complexity index is 1280. The van der Waals surface area contributed by atoms with Crippen LogP contribution in [0.25, 0.3) is 22.6 Å². The Kier molecular flexibility index (Phi) is 5.09. The van der Waals surface area contributed by atoms with Gasteiger partial charge in [0, 0.05) is 41.7 Å². The summed E-state index contributed by atoms with van der Waals surface area (Å²) in [7, 11) is 0. The maximum atomic E-state index is 13.1. The van der Waals surface area contributed by atoms with Crippen LogP contribution in [-0.4, -0.2) is 26.4 Å². The second-order valence-corrected chi connectivity index (χ2v) is 8.50. The Labute approximate surface area is 182 Å². The van der Waals surface area contributed by atoms with E-state index < -0.39 is 0 Å². The monoisotopic (exact) mass is 433 g/mol. The minimum Gasteiger partial charge on any atom is -0.399 e. The van der Waals surface area contributed by atoms with Gasteiger partial charge in [-0.15, -0.1) is 11.3 Å². The summed E-state index contributed by atoms with van der Waals surface area (Å²) >= 11 is 1.57. The van der Waals surface area contributed by atoms with Crippen molar-refractivity contribution in [3.8, 4) is 22.6 Å². The fourth-order valence-corrected chi connectivity index (χ4v) is 4.57. The third-order valence-electron chi connectivity index (χ3n) is 5.38. The number of thiazole rings is 1. The summed E-state index contributed by atoms with van der Waals surface area (Å²) in [4.78, 5) is 27.2. The van der Waals surface area contributed by atoms with Gasteiger partial charge in [0.05, 0.1) is 23.5 Å². The van der Waals surface area contributed by atoms with E-state index in [0.29, 0.717) is 36.6 Å². The fourth-order valence-electron chi connectivity index (χ4n) is 3.72. The number of halogens is 1. The predicted octanol–water partition coefficient (Wildman–Crippen LogP) is 3.84. The van der Waals surface area contributed by atoms with Crippen LogP contribution >= 0.6 is 11.3 Å². The SMILES string of the molecule is Nc1ccc(-c2nc3c(c(=O)[nH]2)CN(Cc2nc(-c4ccc(F)cc4)cs2)CC3)cc1. The number of fused-ring (bicyclic) bond motifs is 1. The first-order valence-corrected chi connectivity index (χ1v) is 10.8. The summed E-state index contributed by atoms with van der Waals surface area (Å²) in [5, 5.41) is 2.94. The van der Waals surface area contributed by atoms with E-state index in [-0.39, 0.29) is 11.4 Å². The van der Waals surface area contributed by atoms with Crippen molar-refractivity contribution in [3.05, 3.63) is 86.3 Å². The largest absolute Gasteiger partial charge is 0.399 e. The number of benzene rings is 2. The predicted molar refractivity (Wildman–Crippen MR) is 120 cm³/mol. The minimum absolute atomic E-state index is 0.104. The molecule has 0 spiro atoms. The van der Waals surface area contributed by atoms with Crippen LogP contribution in [-0.2, 0) is 19.5 Å². The van der Waals surface area contributed by atoms with Gasteiger partial charge in [-0.05, 0) is 48.5 Å². The molecule has 1 aliphatic heterocycles. The lowest BCUT2D eigenvalue weighted by Gasteiger charge is -2.26. The summed E-state index contributed by atoms with van der Waals surface area (Å²) in [5.74, 6) is 0.311. The molecule has 156 valence electrons. The van der Waals surface area contributed by atoms with Gasteiger partial charge in [-0.2, -0.15) is 0 Å². The van der Waals surface area contributed by atoms with E-state index in [1.807, 2.05) is 17.5 Å². The van der Waals surface area contributed by atoms with E-state index in [1.165, 1.54) is 12.1 Å². The quantitative estimate of drug-likeness (QED) is 0.478. The van der Waals surface area contributed by atoms with Crippen LogP contribution in [0.15, 0.2) is 58.7 Å². The van der Waals surface area contributed by atoms with E-state index in [1.54, 1.807) is 35.6 Å². The van der Waals surface area contributed by atoms with E-state index in [2.05, 4.69) is 14.9 Å². The number of aromatic nitrogens is 3. The maximum Gasteiger partial charge on any atom is 0.255 e. The number of nitrogens with one attached hydrogen (secondary N) is 1. The molecule has 31 heavy (non-hydrogen) atoms. The lowest BCUT2D eigenvalue weighted by Crippen LogP contribution is -2.35. The lowest BCUT2D eigenvalue weighted by molar-refractivity contribution is 0.241. The van der Waals surface area contributed by atoms with Crippen LogP contribution in [0.3, 0.4) is 0 Å². The molecule has 2 aromatic carbocycles. The number of H-pyrrole nitrogens is 1. The van der Waals surface area contributed by atoms with Crippen LogP contribution in [0.2, 0.25) is 0 Å². The maximum absolute atomic E-state index is 13.1. The Morgan fingerprint density at radius 1 is 1.06 bits per heavy atom. The zero-order valence-electron chi connectivity index (χ0n) is 16.6. The van der Waals surface area contributed by atoms with Gasteiger partial charge in [-0.3, -0.25) is 9.69 Å². The number of nitrogen functional groups attached to an aromatic ring is 1. The molecular formula is C23H20FN5OS. The highest BCUT2D eigenvalue weighted by atomic mass is 32.1. The normalized spacial score (nSPS) is 13.8. The molecule has 0 saturated heterocycles. The molecule has 0 saturated carbocycles. The molecule has 1 aliphatic rings. The van der Waals surface area contributed by atoms with Gasteiger partial charge in [0.1, 0.15) is 16.6 Å². The molecule has 5 rings (SSSR count). The van der Waals surface area contributed by atoms with E-state index in [4.69, 9.17) is 10.7 Å². The molecule has 0 unspecified atom stereocenters. The van der Waals surface area contributed by atoms with Gasteiger partial charge < -0.3 is 10.7 Å². The number of nitrogens with zero attached hydrogens (tertiary/aromatic N) is 3. The second-order valence-electron chi connectivity index (χ2n) is 7.56. The molecule has 6 nitrogen and oxygen atoms in total. The van der Waals surface area contributed by atoms with Crippen LogP contribution in [0.4, 0.5) is 10.1 Å². The van der Waals surface area contributed by atoms with Crippen LogP contribution < -0.4 is 11.3 Å². The molecule has 0 aliphatic carbocycles. The van der Waals surface area contributed by atoms with Gasteiger partial charge in [0.25, 0.3) is 5.56 Å². The highest BCUT2D eigenvalue weighted by molar-refractivity contribution is 7.09. The van der Waals surface area contributed by atoms with Crippen molar-refractivity contribution in [1.29, 1.82) is 0 Å². The standard InChI is InChI=1S/C23H20FN5OS/c24-16-5-1-14(2-6-16)20-13-31-21(26-20)12-29-10-9-19-18(11-29)23(30)28-22(27-19)15-3-7-17(25)8-4-15/h1-8,13H,9-12,25H2,(H,27,28,30). The van der Waals surface area contributed by atoms with Crippen molar-refractivity contribution in [2.45, 2.75) is 19.5 Å². The molecule has 3 N–H and O–H groups in total. The van der Waals surface area contributed by atoms with Crippen molar-refractivity contribution in [2.24, 2.45) is 0 Å². The highest BCUT2D eigenvalue weighted by Gasteiger charge is 2.22. The number of aromatic amines is 1. The summed E-state index contributed by atoms with van der Waals surface area (Å²) in [6.07, 6.45) is 0.706. The van der Waals surface area contributed by atoms with Gasteiger partial charge in [0.15, 0.2) is 0 Å². The molecule has 0 amide bonds. The number of anilines is 1. The summed E-state index contributed by atoms with van der Waals surface area (Å²) in [6.45, 7) is 1.99. The molecular weight excluding hydrogens is 413 g/mol. The lowest BCUT2D eigenvalue weighted by atomic mass is 10.1. The molecule has 0 radical (unpaired) electrons. The van der Waals surface area contributed by atoms with Crippen LogP contribution in [0.5, 0.6) is 0 Å². The smallest absolute Gasteiger partial charge is 0.255 e. The van der Waals surface area contributed by atoms with Gasteiger partial charge in [-0.1, -0.05) is 0 Å². The van der Waals surface area contributed by atoms with E-state index >= 15 is 0 Å². The van der Waals surface area contributed by atoms with E-state index in [9.17, 15) is 9.18 Å². The average molecular weight is 434 g/mol. The third-order valence-corrected chi connectivity index (χ3v) is 6.22. The zero-order chi connectivity index (χ0) is 21.4. The summed E-state index contributed by atoms with van der Waals surface area (Å²) in [6, 6.07) is 13.6. The molecule has 0 atom stereocenters. The topological polar surface area (TPSA) is 87.9 Å². The molecule has 8 heteroatoms. The van der Waals surface area contributed by atoms with Gasteiger partial charge in [0.2, 0.25) is 0 Å². The van der Waals surface area contributed by atoms with Crippen LogP contribution in [0.1, 0.15) is 16.3 Å². The number of hydrogen-bond acceptors (Lipinski definition) is 6. The molecule has 3 heterocycles. The summed E-state index contributed by atoms with van der Waals surface area (Å²) in [5.41, 5.74) is 10.4. The average Bonchev–Trinajstić information content (AvgIpc) is 3.23. The molecule has 0 bridgehead atoms. The van der Waals surface area contributed by atoms with E-state index in [0.717, 1.165) is 34.1 Å². The van der Waals surface area contributed by atoms with Crippen molar-refractivity contribution >= 4 is 17.0 Å². The zero-order valence-corrected chi connectivity index (χ0v) is 17.5. The second kappa shape index (κ2) is 8.05. The first-order valence-electron chi connectivity index (χ1n) is 9.96. The number of rotatable bonds is 4. The molecule has 2 aromatic heterocycles. The Morgan fingerprint density at radius 3 is 2.58 bits per heavy atom. The number of nitrogens with two attached hydrogens (primary N) is 1. The Morgan fingerprint density at radius 2 is 1.81 bits per heavy atom. The van der Waals surface area contributed by atoms with Crippen molar-refractivity contribution in [1.82, 2.24) is 19.9 Å². The van der Waals surface area contributed by atoms with Crippen LogP contribution in [0, 0.1) is 5.82 Å². The fraction of sp³-hybridized carbons (Fsp3) is 0.174. The number of hydrogen-bond donors (Lipinski definition) is 2. The van der Waals surface area contributed by atoms with Crippen molar-refractivity contribution in [2.75, 3.05) is 12.3 Å². The highest BCUT2D eigenvalue weighted by Crippen LogP contribution is 2.25. The first-order chi connectivity index (χ1) is 15.0. The summed E-state index contributed by atoms with van der Waals surface area (Å²) < 4.78 is 13.1. The molecule has 4 aromatic rings. The minimum atomic E-state index is -0.260.